The summed E-state index contributed by atoms with van der Waals surface area (Å²) in [6, 6.07) is 10.5. The Bertz CT molecular complexity index is 437. The van der Waals surface area contributed by atoms with E-state index in [-0.39, 0.29) is 5.92 Å². The lowest BCUT2D eigenvalue weighted by Gasteiger charge is -2.31. The van der Waals surface area contributed by atoms with Crippen LogP contribution in [-0.2, 0) is 5.75 Å². The molecule has 19 heavy (non-hydrogen) atoms. The van der Waals surface area contributed by atoms with Gasteiger partial charge in [0, 0.05) is 16.0 Å². The van der Waals surface area contributed by atoms with E-state index in [4.69, 9.17) is 11.6 Å². The molecule has 1 nitrogen and oxygen atoms in total. The number of nitriles is 1. The number of halogens is 1. The Hall–Kier alpha value is -0.650. The van der Waals surface area contributed by atoms with Gasteiger partial charge in [-0.2, -0.15) is 17.0 Å². The van der Waals surface area contributed by atoms with Crippen molar-refractivity contribution in [3.8, 4) is 6.07 Å². The van der Waals surface area contributed by atoms with Gasteiger partial charge in [0.05, 0.1) is 12.0 Å². The van der Waals surface area contributed by atoms with Crippen LogP contribution in [0.25, 0.3) is 0 Å². The molecule has 0 radical (unpaired) electrons. The summed E-state index contributed by atoms with van der Waals surface area (Å²) in [6.45, 7) is 2.26. The van der Waals surface area contributed by atoms with Crippen LogP contribution < -0.4 is 0 Å². The molecule has 0 spiro atoms. The maximum Gasteiger partial charge on any atom is 0.0667 e. The quantitative estimate of drug-likeness (QED) is 0.753. The zero-order valence-electron chi connectivity index (χ0n) is 11.3. The molecular weight excluding hydrogens is 274 g/mol. The van der Waals surface area contributed by atoms with E-state index in [1.54, 1.807) is 0 Å². The third-order valence-corrected chi connectivity index (χ3v) is 5.72. The smallest absolute Gasteiger partial charge is 0.0667 e. The van der Waals surface area contributed by atoms with Gasteiger partial charge in [-0.3, -0.25) is 0 Å². The Morgan fingerprint density at radius 1 is 1.32 bits per heavy atom. The Morgan fingerprint density at radius 2 is 2.05 bits per heavy atom. The average Bonchev–Trinajstić information content (AvgIpc) is 2.46. The Morgan fingerprint density at radius 3 is 2.68 bits per heavy atom. The van der Waals surface area contributed by atoms with Crippen LogP contribution in [0, 0.1) is 23.2 Å². The van der Waals surface area contributed by atoms with Gasteiger partial charge in [0.15, 0.2) is 0 Å². The van der Waals surface area contributed by atoms with Gasteiger partial charge in [-0.05, 0) is 42.9 Å². The van der Waals surface area contributed by atoms with E-state index in [9.17, 15) is 5.26 Å². The van der Waals surface area contributed by atoms with Gasteiger partial charge in [-0.15, -0.1) is 0 Å². The van der Waals surface area contributed by atoms with E-state index in [0.29, 0.717) is 5.25 Å². The molecule has 0 heterocycles. The molecule has 0 saturated heterocycles. The van der Waals surface area contributed by atoms with E-state index in [2.05, 4.69) is 25.1 Å². The average molecular weight is 294 g/mol. The molecule has 1 aromatic rings. The van der Waals surface area contributed by atoms with Gasteiger partial charge >= 0.3 is 0 Å². The van der Waals surface area contributed by atoms with Crippen LogP contribution in [0.1, 0.15) is 38.2 Å². The summed E-state index contributed by atoms with van der Waals surface area (Å²) >= 11 is 7.84. The second-order valence-corrected chi connectivity index (χ2v) is 6.96. The van der Waals surface area contributed by atoms with Crippen molar-refractivity contribution in [1.29, 1.82) is 5.26 Å². The SMILES string of the molecule is CCC1CCC(C#N)C(SCc2ccc(Cl)cc2)C1. The third kappa shape index (κ3) is 4.16. The fourth-order valence-corrected chi connectivity index (χ4v) is 4.26. The van der Waals surface area contributed by atoms with Gasteiger partial charge in [0.2, 0.25) is 0 Å². The molecule has 0 N–H and O–H groups in total. The van der Waals surface area contributed by atoms with Crippen LogP contribution in [0.2, 0.25) is 5.02 Å². The molecule has 0 aliphatic heterocycles. The maximum atomic E-state index is 9.27. The van der Waals surface area contributed by atoms with E-state index in [1.807, 2.05) is 23.9 Å². The van der Waals surface area contributed by atoms with Crippen molar-refractivity contribution in [3.63, 3.8) is 0 Å². The zero-order chi connectivity index (χ0) is 13.7. The summed E-state index contributed by atoms with van der Waals surface area (Å²) < 4.78 is 0. The Balaban J connectivity index is 1.92. The minimum atomic E-state index is 0.236. The molecule has 1 aromatic carbocycles. The first-order chi connectivity index (χ1) is 9.22. The van der Waals surface area contributed by atoms with Gasteiger partial charge < -0.3 is 0 Å². The topological polar surface area (TPSA) is 23.8 Å². The number of thioether (sulfide) groups is 1. The van der Waals surface area contributed by atoms with Gasteiger partial charge in [-0.25, -0.2) is 0 Å². The molecule has 3 heteroatoms. The van der Waals surface area contributed by atoms with Gasteiger partial charge in [0.1, 0.15) is 0 Å². The minimum absolute atomic E-state index is 0.236. The molecule has 0 amide bonds. The van der Waals surface area contributed by atoms with Crippen molar-refractivity contribution in [1.82, 2.24) is 0 Å². The minimum Gasteiger partial charge on any atom is -0.198 e. The van der Waals surface area contributed by atoms with E-state index < -0.39 is 0 Å². The third-order valence-electron chi connectivity index (χ3n) is 4.02. The summed E-state index contributed by atoms with van der Waals surface area (Å²) in [5.74, 6) is 2.03. The fraction of sp³-hybridized carbons (Fsp3) is 0.562. The van der Waals surface area contributed by atoms with Crippen molar-refractivity contribution in [2.24, 2.45) is 11.8 Å². The molecule has 0 aromatic heterocycles. The van der Waals surface area contributed by atoms with Crippen LogP contribution in [0.3, 0.4) is 0 Å². The zero-order valence-corrected chi connectivity index (χ0v) is 12.9. The first kappa shape index (κ1) is 14.8. The molecule has 3 unspecified atom stereocenters. The highest BCUT2D eigenvalue weighted by atomic mass is 35.5. The van der Waals surface area contributed by atoms with E-state index in [0.717, 1.165) is 23.1 Å². The molecule has 2 rings (SSSR count). The summed E-state index contributed by atoms with van der Waals surface area (Å²) in [5.41, 5.74) is 1.30. The fourth-order valence-electron chi connectivity index (χ4n) is 2.70. The van der Waals surface area contributed by atoms with Crippen LogP contribution in [0.15, 0.2) is 24.3 Å². The van der Waals surface area contributed by atoms with Crippen LogP contribution in [0.4, 0.5) is 0 Å². The van der Waals surface area contributed by atoms with Gasteiger partial charge in [0.25, 0.3) is 0 Å². The normalized spacial score (nSPS) is 26.9. The highest BCUT2D eigenvalue weighted by molar-refractivity contribution is 7.99. The number of hydrogen-bond donors (Lipinski definition) is 0. The number of benzene rings is 1. The van der Waals surface area contributed by atoms with Gasteiger partial charge in [-0.1, -0.05) is 37.1 Å². The Labute approximate surface area is 125 Å². The van der Waals surface area contributed by atoms with E-state index >= 15 is 0 Å². The first-order valence-corrected chi connectivity index (χ1v) is 8.41. The van der Waals surface area contributed by atoms with Crippen LogP contribution >= 0.6 is 23.4 Å². The summed E-state index contributed by atoms with van der Waals surface area (Å²) in [7, 11) is 0. The number of hydrogen-bond acceptors (Lipinski definition) is 2. The van der Waals surface area contributed by atoms with Crippen molar-refractivity contribution in [2.75, 3.05) is 0 Å². The molecule has 1 aliphatic rings. The highest BCUT2D eigenvalue weighted by Gasteiger charge is 2.29. The molecule has 3 atom stereocenters. The predicted molar refractivity (Wildman–Crippen MR) is 83.3 cm³/mol. The highest BCUT2D eigenvalue weighted by Crippen LogP contribution is 2.38. The summed E-state index contributed by atoms with van der Waals surface area (Å²) in [4.78, 5) is 0. The predicted octanol–water partition coefficient (Wildman–Crippen LogP) is 5.29. The molecule has 102 valence electrons. The molecular formula is C16H20ClNS. The lowest BCUT2D eigenvalue weighted by atomic mass is 9.81. The second-order valence-electron chi connectivity index (χ2n) is 5.30. The molecule has 1 saturated carbocycles. The molecule has 0 bridgehead atoms. The number of rotatable bonds is 4. The standard InChI is InChI=1S/C16H20ClNS/c1-2-12-3-6-14(10-18)16(9-12)19-11-13-4-7-15(17)8-5-13/h4-5,7-8,12,14,16H,2-3,6,9,11H2,1H3. The van der Waals surface area contributed by atoms with Crippen molar-refractivity contribution >= 4 is 23.4 Å². The van der Waals surface area contributed by atoms with Crippen molar-refractivity contribution < 1.29 is 0 Å². The van der Waals surface area contributed by atoms with Crippen molar-refractivity contribution in [2.45, 2.75) is 43.6 Å². The van der Waals surface area contributed by atoms with E-state index in [1.165, 1.54) is 24.8 Å². The summed E-state index contributed by atoms with van der Waals surface area (Å²) in [6.07, 6.45) is 4.75. The lowest BCUT2D eigenvalue weighted by molar-refractivity contribution is 0.317. The lowest BCUT2D eigenvalue weighted by Crippen LogP contribution is -2.26. The van der Waals surface area contributed by atoms with Crippen LogP contribution in [-0.4, -0.2) is 5.25 Å². The van der Waals surface area contributed by atoms with Crippen LogP contribution in [0.5, 0.6) is 0 Å². The second kappa shape index (κ2) is 7.22. The monoisotopic (exact) mass is 293 g/mol. The Kier molecular flexibility index (Phi) is 5.60. The summed E-state index contributed by atoms with van der Waals surface area (Å²) in [5, 5.41) is 10.6. The molecule has 1 fully saturated rings. The first-order valence-electron chi connectivity index (χ1n) is 6.98. The maximum absolute atomic E-state index is 9.27. The van der Waals surface area contributed by atoms with Crippen molar-refractivity contribution in [3.05, 3.63) is 34.9 Å². The molecule has 1 aliphatic carbocycles. The largest absolute Gasteiger partial charge is 0.198 e. The number of nitrogens with zero attached hydrogens (tertiary/aromatic N) is 1.